The topological polar surface area (TPSA) is 195 Å². The third-order valence-electron chi connectivity index (χ3n) is 4.49. The van der Waals surface area contributed by atoms with Crippen LogP contribution in [0.25, 0.3) is 0 Å². The van der Waals surface area contributed by atoms with Crippen molar-refractivity contribution in [1.82, 2.24) is 10.6 Å². The molecule has 1 amide bonds. The summed E-state index contributed by atoms with van der Waals surface area (Å²) in [5.41, 5.74) is 21.6. The second kappa shape index (κ2) is 18.3. The normalized spacial score (nSPS) is 12.9. The molecule has 170 valence electrons. The largest absolute Gasteiger partial charge is 0.381 e. The smallest absolute Gasteiger partial charge is 0.250 e. The van der Waals surface area contributed by atoms with Crippen molar-refractivity contribution in [2.75, 3.05) is 32.7 Å². The third-order valence-corrected chi connectivity index (χ3v) is 4.49. The fourth-order valence-corrected chi connectivity index (χ4v) is 2.70. The van der Waals surface area contributed by atoms with Gasteiger partial charge in [-0.3, -0.25) is 14.6 Å². The van der Waals surface area contributed by atoms with Crippen molar-refractivity contribution in [2.24, 2.45) is 27.9 Å². The average molecular weight is 416 g/mol. The maximum Gasteiger partial charge on any atom is 0.250 e. The number of guanidine groups is 1. The van der Waals surface area contributed by atoms with E-state index in [4.69, 9.17) is 22.9 Å². The molecule has 2 atom stereocenters. The summed E-state index contributed by atoms with van der Waals surface area (Å²) in [6.45, 7) is 3.45. The third kappa shape index (κ3) is 15.8. The summed E-state index contributed by atoms with van der Waals surface area (Å²) in [6.07, 6.45) is 5.76. The van der Waals surface area contributed by atoms with Crippen LogP contribution in [-0.4, -0.2) is 67.6 Å². The van der Waals surface area contributed by atoms with Gasteiger partial charge in [0.2, 0.25) is 0 Å². The van der Waals surface area contributed by atoms with Crippen LogP contribution in [0, 0.1) is 0 Å². The molecule has 0 aliphatic rings. The number of nitrogens with two attached hydrogens (primary N) is 4. The van der Waals surface area contributed by atoms with Crippen LogP contribution < -0.4 is 33.6 Å². The van der Waals surface area contributed by atoms with Crippen molar-refractivity contribution in [3.05, 3.63) is 0 Å². The molecular formula is C19H41N7O3. The molecule has 0 rings (SSSR count). The number of Topliss-reactive ketones (excluding diaryl/α,β-unsaturated/α-hetero) is 1. The SMILES string of the molecule is NCCCNCCCCNC(=O)C(O)C(N)C(=O)CCCCCCCN=C(N)N. The maximum absolute atomic E-state index is 12.1. The Kier molecular flexibility index (Phi) is 17.2. The number of aliphatic hydroxyl groups is 1. The summed E-state index contributed by atoms with van der Waals surface area (Å²) in [4.78, 5) is 27.9. The second-order valence-electron chi connectivity index (χ2n) is 7.15. The summed E-state index contributed by atoms with van der Waals surface area (Å²) in [5.74, 6) is -0.790. The highest BCUT2D eigenvalue weighted by Crippen LogP contribution is 2.08. The number of aliphatic hydroxyl groups excluding tert-OH is 1. The highest BCUT2D eigenvalue weighted by Gasteiger charge is 2.27. The van der Waals surface area contributed by atoms with E-state index >= 15 is 0 Å². The number of amides is 1. The molecule has 0 radical (unpaired) electrons. The van der Waals surface area contributed by atoms with Gasteiger partial charge >= 0.3 is 0 Å². The van der Waals surface area contributed by atoms with Gasteiger partial charge in [0.25, 0.3) is 5.91 Å². The number of ketones is 1. The molecule has 10 nitrogen and oxygen atoms in total. The number of nitrogens with one attached hydrogen (secondary N) is 2. The molecule has 0 heterocycles. The molecule has 0 spiro atoms. The zero-order chi connectivity index (χ0) is 21.9. The van der Waals surface area contributed by atoms with Gasteiger partial charge in [0, 0.05) is 19.5 Å². The van der Waals surface area contributed by atoms with Gasteiger partial charge in [0.05, 0.1) is 6.04 Å². The predicted molar refractivity (Wildman–Crippen MR) is 116 cm³/mol. The molecule has 0 aliphatic heterocycles. The quantitative estimate of drug-likeness (QED) is 0.0767. The molecule has 0 saturated carbocycles. The van der Waals surface area contributed by atoms with Crippen LogP contribution in [0.4, 0.5) is 0 Å². The maximum atomic E-state index is 12.1. The number of rotatable bonds is 19. The van der Waals surface area contributed by atoms with E-state index in [1.165, 1.54) is 0 Å². The molecule has 0 saturated heterocycles. The number of unbranched alkanes of at least 4 members (excludes halogenated alkanes) is 5. The minimum atomic E-state index is -1.51. The Labute approximate surface area is 174 Å². The lowest BCUT2D eigenvalue weighted by Gasteiger charge is -2.17. The molecule has 10 heteroatoms. The summed E-state index contributed by atoms with van der Waals surface area (Å²) < 4.78 is 0. The lowest BCUT2D eigenvalue weighted by Crippen LogP contribution is -2.50. The van der Waals surface area contributed by atoms with Crippen molar-refractivity contribution in [3.8, 4) is 0 Å². The second-order valence-corrected chi connectivity index (χ2v) is 7.15. The van der Waals surface area contributed by atoms with Crippen LogP contribution in [0.3, 0.4) is 0 Å². The zero-order valence-corrected chi connectivity index (χ0v) is 17.6. The van der Waals surface area contributed by atoms with Crippen molar-refractivity contribution in [1.29, 1.82) is 0 Å². The molecule has 0 fully saturated rings. The Morgan fingerprint density at radius 2 is 1.52 bits per heavy atom. The van der Waals surface area contributed by atoms with Crippen molar-refractivity contribution in [3.63, 3.8) is 0 Å². The Morgan fingerprint density at radius 1 is 0.897 bits per heavy atom. The first-order chi connectivity index (χ1) is 13.9. The highest BCUT2D eigenvalue weighted by atomic mass is 16.3. The van der Waals surface area contributed by atoms with E-state index in [-0.39, 0.29) is 18.2 Å². The van der Waals surface area contributed by atoms with Gasteiger partial charge in [-0.1, -0.05) is 19.3 Å². The van der Waals surface area contributed by atoms with E-state index < -0.39 is 18.1 Å². The van der Waals surface area contributed by atoms with E-state index in [0.717, 1.165) is 58.0 Å². The Balaban J connectivity index is 3.77. The molecule has 29 heavy (non-hydrogen) atoms. The minimum absolute atomic E-state index is 0.0995. The summed E-state index contributed by atoms with van der Waals surface area (Å²) in [7, 11) is 0. The Hall–Kier alpha value is -1.75. The lowest BCUT2D eigenvalue weighted by atomic mass is 10.0. The number of hydrogen-bond acceptors (Lipinski definition) is 7. The van der Waals surface area contributed by atoms with Crippen LogP contribution in [0.5, 0.6) is 0 Å². The van der Waals surface area contributed by atoms with Gasteiger partial charge in [-0.15, -0.1) is 0 Å². The monoisotopic (exact) mass is 415 g/mol. The molecular weight excluding hydrogens is 374 g/mol. The summed E-state index contributed by atoms with van der Waals surface area (Å²) >= 11 is 0. The van der Waals surface area contributed by atoms with Crippen molar-refractivity contribution < 1.29 is 14.7 Å². The number of carbonyl (C=O) groups is 2. The lowest BCUT2D eigenvalue weighted by molar-refractivity contribution is -0.135. The van der Waals surface area contributed by atoms with E-state index in [2.05, 4.69) is 15.6 Å². The minimum Gasteiger partial charge on any atom is -0.381 e. The van der Waals surface area contributed by atoms with Crippen LogP contribution in [0.1, 0.15) is 57.8 Å². The standard InChI is InChI=1S/C19H41N7O3/c20-10-8-12-24-11-6-7-13-25-18(29)17(28)16(21)15(27)9-4-2-1-3-5-14-26-19(22)23/h16-17,24,28H,1-14,20-21H2,(H,25,29)(H4,22,23,26). The number of aliphatic imine (C=N–C) groups is 1. The Morgan fingerprint density at radius 3 is 2.21 bits per heavy atom. The van der Waals surface area contributed by atoms with E-state index in [0.29, 0.717) is 26.1 Å². The van der Waals surface area contributed by atoms with Gasteiger partial charge in [-0.25, -0.2) is 0 Å². The zero-order valence-electron chi connectivity index (χ0n) is 17.6. The molecule has 2 unspecified atom stereocenters. The predicted octanol–water partition coefficient (Wildman–Crippen LogP) is -1.31. The fourth-order valence-electron chi connectivity index (χ4n) is 2.70. The van der Waals surface area contributed by atoms with Crippen LogP contribution in [0.2, 0.25) is 0 Å². The molecule has 11 N–H and O–H groups in total. The van der Waals surface area contributed by atoms with Gasteiger partial charge in [0.15, 0.2) is 17.8 Å². The number of carbonyl (C=O) groups excluding carboxylic acids is 2. The summed E-state index contributed by atoms with van der Waals surface area (Å²) in [5, 5.41) is 15.9. The first kappa shape index (κ1) is 27.2. The first-order valence-corrected chi connectivity index (χ1v) is 10.6. The van der Waals surface area contributed by atoms with Gasteiger partial charge in [0.1, 0.15) is 0 Å². The highest BCUT2D eigenvalue weighted by molar-refractivity contribution is 5.92. The Bertz CT molecular complexity index is 471. The first-order valence-electron chi connectivity index (χ1n) is 10.6. The summed E-state index contributed by atoms with van der Waals surface area (Å²) in [6, 6.07) is -1.19. The van der Waals surface area contributed by atoms with E-state index in [1.807, 2.05) is 0 Å². The van der Waals surface area contributed by atoms with Crippen LogP contribution >= 0.6 is 0 Å². The van der Waals surface area contributed by atoms with Gasteiger partial charge in [-0.05, 0) is 51.7 Å². The van der Waals surface area contributed by atoms with Gasteiger partial charge in [-0.2, -0.15) is 0 Å². The molecule has 0 bridgehead atoms. The number of nitrogens with zero attached hydrogens (tertiary/aromatic N) is 1. The molecule has 0 aromatic carbocycles. The van der Waals surface area contributed by atoms with Crippen molar-refractivity contribution >= 4 is 17.6 Å². The fraction of sp³-hybridized carbons (Fsp3) is 0.842. The van der Waals surface area contributed by atoms with Gasteiger partial charge < -0.3 is 38.7 Å². The van der Waals surface area contributed by atoms with E-state index in [1.54, 1.807) is 0 Å². The van der Waals surface area contributed by atoms with E-state index in [9.17, 15) is 14.7 Å². The van der Waals surface area contributed by atoms with Crippen LogP contribution in [-0.2, 0) is 9.59 Å². The van der Waals surface area contributed by atoms with Crippen LogP contribution in [0.15, 0.2) is 4.99 Å². The molecule has 0 aromatic heterocycles. The molecule has 0 aliphatic carbocycles. The average Bonchev–Trinajstić information content (AvgIpc) is 2.70. The van der Waals surface area contributed by atoms with Crippen molar-refractivity contribution in [2.45, 2.75) is 69.9 Å². The number of hydrogen-bond donors (Lipinski definition) is 7. The molecule has 0 aromatic rings.